The molecule has 1 fully saturated rings. The Kier molecular flexibility index (Phi) is 2.85. The number of carboxylic acid groups (broad SMARTS) is 1. The molecule has 2 rings (SSSR count). The van der Waals surface area contributed by atoms with E-state index in [1.807, 2.05) is 0 Å². The van der Waals surface area contributed by atoms with E-state index in [1.54, 1.807) is 0 Å². The van der Waals surface area contributed by atoms with E-state index in [0.29, 0.717) is 12.8 Å². The zero-order chi connectivity index (χ0) is 12.6. The number of aliphatic carboxylic acids is 1. The summed E-state index contributed by atoms with van der Waals surface area (Å²) in [6, 6.07) is 4.90. The van der Waals surface area contributed by atoms with Crippen LogP contribution in [-0.2, 0) is 17.4 Å². The smallest absolute Gasteiger partial charge is 0.416 e. The first-order chi connectivity index (χ1) is 7.88. The highest BCUT2D eigenvalue weighted by molar-refractivity contribution is 5.73. The van der Waals surface area contributed by atoms with Crippen molar-refractivity contribution in [1.29, 1.82) is 0 Å². The highest BCUT2D eigenvalue weighted by atomic mass is 19.4. The molecule has 0 amide bonds. The van der Waals surface area contributed by atoms with E-state index in [4.69, 9.17) is 5.11 Å². The predicted molar refractivity (Wildman–Crippen MR) is 54.4 cm³/mol. The molecule has 2 atom stereocenters. The lowest BCUT2D eigenvalue weighted by Gasteiger charge is -2.07. The van der Waals surface area contributed by atoms with Gasteiger partial charge in [0.05, 0.1) is 11.5 Å². The number of halogens is 3. The molecule has 5 heteroatoms. The third kappa shape index (κ3) is 2.78. The van der Waals surface area contributed by atoms with E-state index in [-0.39, 0.29) is 11.8 Å². The quantitative estimate of drug-likeness (QED) is 0.887. The van der Waals surface area contributed by atoms with Crippen LogP contribution in [0.5, 0.6) is 0 Å². The fourth-order valence-corrected chi connectivity index (χ4v) is 1.91. The molecule has 1 aromatic carbocycles. The van der Waals surface area contributed by atoms with Gasteiger partial charge >= 0.3 is 12.1 Å². The SMILES string of the molecule is O=C(O)C1CC1Cc1ccc(C(F)(F)F)cc1. The van der Waals surface area contributed by atoms with Gasteiger partial charge in [0.1, 0.15) is 0 Å². The Hall–Kier alpha value is -1.52. The first kappa shape index (κ1) is 12.0. The van der Waals surface area contributed by atoms with E-state index in [0.717, 1.165) is 17.7 Å². The molecule has 17 heavy (non-hydrogen) atoms. The fraction of sp³-hybridized carbons (Fsp3) is 0.417. The van der Waals surface area contributed by atoms with Crippen LogP contribution in [0.1, 0.15) is 17.5 Å². The number of hydrogen-bond acceptors (Lipinski definition) is 1. The summed E-state index contributed by atoms with van der Waals surface area (Å²) >= 11 is 0. The van der Waals surface area contributed by atoms with Gasteiger partial charge in [0.25, 0.3) is 0 Å². The molecule has 2 unspecified atom stereocenters. The number of alkyl halides is 3. The van der Waals surface area contributed by atoms with Crippen molar-refractivity contribution in [2.75, 3.05) is 0 Å². The molecule has 0 aliphatic heterocycles. The lowest BCUT2D eigenvalue weighted by atomic mass is 10.1. The summed E-state index contributed by atoms with van der Waals surface area (Å²) in [4.78, 5) is 10.6. The van der Waals surface area contributed by atoms with Gasteiger partial charge in [-0.3, -0.25) is 4.79 Å². The fourth-order valence-electron chi connectivity index (χ4n) is 1.91. The van der Waals surface area contributed by atoms with Gasteiger partial charge in [-0.15, -0.1) is 0 Å². The van der Waals surface area contributed by atoms with Gasteiger partial charge in [-0.2, -0.15) is 13.2 Å². The van der Waals surface area contributed by atoms with Crippen LogP contribution in [-0.4, -0.2) is 11.1 Å². The van der Waals surface area contributed by atoms with Crippen LogP contribution >= 0.6 is 0 Å². The van der Waals surface area contributed by atoms with Gasteiger partial charge < -0.3 is 5.11 Å². The van der Waals surface area contributed by atoms with Crippen molar-refractivity contribution in [1.82, 2.24) is 0 Å². The Morgan fingerprint density at radius 3 is 2.29 bits per heavy atom. The second kappa shape index (κ2) is 4.05. The molecule has 0 radical (unpaired) electrons. The second-order valence-corrected chi connectivity index (χ2v) is 4.34. The van der Waals surface area contributed by atoms with Crippen LogP contribution < -0.4 is 0 Å². The van der Waals surface area contributed by atoms with E-state index in [9.17, 15) is 18.0 Å². The van der Waals surface area contributed by atoms with Crippen molar-refractivity contribution in [3.63, 3.8) is 0 Å². The van der Waals surface area contributed by atoms with Crippen molar-refractivity contribution in [3.05, 3.63) is 35.4 Å². The van der Waals surface area contributed by atoms with Gasteiger partial charge in [0.15, 0.2) is 0 Å². The van der Waals surface area contributed by atoms with Crippen molar-refractivity contribution in [2.24, 2.45) is 11.8 Å². The molecule has 2 nitrogen and oxygen atoms in total. The Bertz CT molecular complexity index is 422. The largest absolute Gasteiger partial charge is 0.481 e. The maximum absolute atomic E-state index is 12.3. The standard InChI is InChI=1S/C12H11F3O2/c13-12(14,15)9-3-1-7(2-4-9)5-8-6-10(8)11(16)17/h1-4,8,10H,5-6H2,(H,16,17). The summed E-state index contributed by atoms with van der Waals surface area (Å²) < 4.78 is 36.9. The second-order valence-electron chi connectivity index (χ2n) is 4.34. The van der Waals surface area contributed by atoms with Crippen LogP contribution in [0.25, 0.3) is 0 Å². The molecule has 0 bridgehead atoms. The van der Waals surface area contributed by atoms with E-state index in [2.05, 4.69) is 0 Å². The molecule has 1 saturated carbocycles. The van der Waals surface area contributed by atoms with Crippen molar-refractivity contribution in [3.8, 4) is 0 Å². The molecule has 0 saturated heterocycles. The minimum Gasteiger partial charge on any atom is -0.481 e. The maximum Gasteiger partial charge on any atom is 0.416 e. The van der Waals surface area contributed by atoms with Gasteiger partial charge in [0, 0.05) is 0 Å². The lowest BCUT2D eigenvalue weighted by molar-refractivity contribution is -0.139. The highest BCUT2D eigenvalue weighted by Crippen LogP contribution is 2.41. The minimum absolute atomic E-state index is 0.0734. The summed E-state index contributed by atoms with van der Waals surface area (Å²) in [6.45, 7) is 0. The van der Waals surface area contributed by atoms with Gasteiger partial charge in [-0.25, -0.2) is 0 Å². The summed E-state index contributed by atoms with van der Waals surface area (Å²) in [5.41, 5.74) is 0.0820. The molecule has 1 aliphatic rings. The Morgan fingerprint density at radius 1 is 1.29 bits per heavy atom. The maximum atomic E-state index is 12.3. The van der Waals surface area contributed by atoms with Crippen LogP contribution in [0, 0.1) is 11.8 Å². The molecular weight excluding hydrogens is 233 g/mol. The summed E-state index contributed by atoms with van der Waals surface area (Å²) in [6.07, 6.45) is -3.16. The van der Waals surface area contributed by atoms with Crippen LogP contribution in [0.15, 0.2) is 24.3 Å². The first-order valence-electron chi connectivity index (χ1n) is 5.27. The third-order valence-corrected chi connectivity index (χ3v) is 3.02. The molecule has 1 aliphatic carbocycles. The van der Waals surface area contributed by atoms with E-state index >= 15 is 0 Å². The summed E-state index contributed by atoms with van der Waals surface area (Å²) in [7, 11) is 0. The van der Waals surface area contributed by atoms with Crippen molar-refractivity contribution in [2.45, 2.75) is 19.0 Å². The first-order valence-corrected chi connectivity index (χ1v) is 5.27. The topological polar surface area (TPSA) is 37.3 Å². The van der Waals surface area contributed by atoms with Crippen LogP contribution in [0.2, 0.25) is 0 Å². The van der Waals surface area contributed by atoms with Gasteiger partial charge in [-0.1, -0.05) is 12.1 Å². The molecule has 92 valence electrons. The minimum atomic E-state index is -4.32. The van der Waals surface area contributed by atoms with Crippen molar-refractivity contribution >= 4 is 5.97 Å². The number of hydrogen-bond donors (Lipinski definition) is 1. The number of benzene rings is 1. The lowest BCUT2D eigenvalue weighted by Crippen LogP contribution is -2.05. The summed E-state index contributed by atoms with van der Waals surface area (Å²) in [5, 5.41) is 8.70. The predicted octanol–water partition coefficient (Wildman–Crippen LogP) is 2.97. The molecule has 0 spiro atoms. The number of carbonyl (C=O) groups is 1. The Morgan fingerprint density at radius 2 is 1.88 bits per heavy atom. The van der Waals surface area contributed by atoms with Gasteiger partial charge in [-0.05, 0) is 36.5 Å². The molecule has 1 aromatic rings. The Labute approximate surface area is 96.1 Å². The zero-order valence-corrected chi connectivity index (χ0v) is 8.87. The van der Waals surface area contributed by atoms with E-state index in [1.165, 1.54) is 12.1 Å². The summed E-state index contributed by atoms with van der Waals surface area (Å²) in [5.74, 6) is -1.07. The van der Waals surface area contributed by atoms with Gasteiger partial charge in [0.2, 0.25) is 0 Å². The highest BCUT2D eigenvalue weighted by Gasteiger charge is 2.42. The normalized spacial score (nSPS) is 23.5. The third-order valence-electron chi connectivity index (χ3n) is 3.02. The average Bonchev–Trinajstić information content (AvgIpc) is 2.96. The Balaban J connectivity index is 1.98. The number of rotatable bonds is 3. The van der Waals surface area contributed by atoms with Crippen molar-refractivity contribution < 1.29 is 23.1 Å². The molecule has 1 N–H and O–H groups in total. The van der Waals surface area contributed by atoms with E-state index < -0.39 is 17.7 Å². The van der Waals surface area contributed by atoms with Crippen LogP contribution in [0.4, 0.5) is 13.2 Å². The number of carboxylic acids is 1. The average molecular weight is 244 g/mol. The molecule has 0 aromatic heterocycles. The monoisotopic (exact) mass is 244 g/mol. The molecular formula is C12H11F3O2. The molecule has 0 heterocycles. The van der Waals surface area contributed by atoms with Crippen LogP contribution in [0.3, 0.4) is 0 Å². The zero-order valence-electron chi connectivity index (χ0n) is 8.87.